The highest BCUT2D eigenvalue weighted by Crippen LogP contribution is 2.31. The van der Waals surface area contributed by atoms with Gasteiger partial charge in [-0.2, -0.15) is 0 Å². The van der Waals surface area contributed by atoms with Crippen molar-refractivity contribution in [2.24, 2.45) is 0 Å². The molecule has 1 aromatic heterocycles. The van der Waals surface area contributed by atoms with Crippen molar-refractivity contribution < 1.29 is 13.6 Å². The standard InChI is InChI=1S/C7H2BrCl2F2NO/c8-4-2(6(10)14)1-3(9)13-5(4)7(11)12/h1,7H. The monoisotopic (exact) mass is 303 g/mol. The van der Waals surface area contributed by atoms with Gasteiger partial charge in [0, 0.05) is 0 Å². The Labute approximate surface area is 96.3 Å². The van der Waals surface area contributed by atoms with E-state index in [1.54, 1.807) is 0 Å². The van der Waals surface area contributed by atoms with Gasteiger partial charge in [0.05, 0.1) is 10.0 Å². The van der Waals surface area contributed by atoms with Gasteiger partial charge in [-0.05, 0) is 33.6 Å². The number of halogens is 5. The van der Waals surface area contributed by atoms with Gasteiger partial charge >= 0.3 is 0 Å². The average molecular weight is 305 g/mol. The zero-order valence-electron chi connectivity index (χ0n) is 6.40. The highest BCUT2D eigenvalue weighted by Gasteiger charge is 2.20. The summed E-state index contributed by atoms with van der Waals surface area (Å²) in [4.78, 5) is 14.2. The highest BCUT2D eigenvalue weighted by atomic mass is 79.9. The number of nitrogens with zero attached hydrogens (tertiary/aromatic N) is 1. The Bertz CT molecular complexity index is 386. The Balaban J connectivity index is 3.40. The first-order valence-corrected chi connectivity index (χ1v) is 4.82. The number of alkyl halides is 2. The van der Waals surface area contributed by atoms with E-state index >= 15 is 0 Å². The molecule has 0 amide bonds. The molecular formula is C7H2BrCl2F2NO. The summed E-state index contributed by atoms with van der Waals surface area (Å²) in [5, 5.41) is -1.07. The van der Waals surface area contributed by atoms with Gasteiger partial charge in [-0.25, -0.2) is 13.8 Å². The molecule has 2 nitrogen and oxygen atoms in total. The third kappa shape index (κ3) is 2.40. The highest BCUT2D eigenvalue weighted by molar-refractivity contribution is 9.10. The molecule has 14 heavy (non-hydrogen) atoms. The van der Waals surface area contributed by atoms with Crippen molar-refractivity contribution in [2.45, 2.75) is 6.43 Å². The minimum absolute atomic E-state index is 0.123. The molecule has 0 bridgehead atoms. The number of carbonyl (C=O) groups excluding carboxylic acids is 1. The van der Waals surface area contributed by atoms with Gasteiger partial charge < -0.3 is 0 Å². The van der Waals surface area contributed by atoms with Crippen molar-refractivity contribution in [2.75, 3.05) is 0 Å². The molecule has 0 N–H and O–H groups in total. The second-order valence-electron chi connectivity index (χ2n) is 2.27. The summed E-state index contributed by atoms with van der Waals surface area (Å²) >= 11 is 13.4. The van der Waals surface area contributed by atoms with E-state index < -0.39 is 17.4 Å². The van der Waals surface area contributed by atoms with Gasteiger partial charge in [-0.1, -0.05) is 11.6 Å². The lowest BCUT2D eigenvalue weighted by atomic mass is 10.2. The lowest BCUT2D eigenvalue weighted by molar-refractivity contribution is 0.107. The minimum Gasteiger partial charge on any atom is -0.276 e. The first-order chi connectivity index (χ1) is 6.43. The van der Waals surface area contributed by atoms with E-state index in [1.807, 2.05) is 0 Å². The van der Waals surface area contributed by atoms with Crippen LogP contribution in [-0.4, -0.2) is 10.2 Å². The summed E-state index contributed by atoms with van der Waals surface area (Å²) in [6.45, 7) is 0. The minimum atomic E-state index is -2.82. The number of rotatable bonds is 2. The zero-order valence-corrected chi connectivity index (χ0v) is 9.50. The van der Waals surface area contributed by atoms with Crippen LogP contribution < -0.4 is 0 Å². The van der Waals surface area contributed by atoms with E-state index in [-0.39, 0.29) is 15.2 Å². The van der Waals surface area contributed by atoms with E-state index in [0.29, 0.717) is 0 Å². The number of aromatic nitrogens is 1. The Hall–Kier alpha value is -0.260. The maximum absolute atomic E-state index is 12.3. The van der Waals surface area contributed by atoms with Crippen molar-refractivity contribution in [1.29, 1.82) is 0 Å². The maximum atomic E-state index is 12.3. The van der Waals surface area contributed by atoms with Gasteiger partial charge in [0.25, 0.3) is 11.7 Å². The van der Waals surface area contributed by atoms with Crippen molar-refractivity contribution in [3.05, 3.63) is 26.9 Å². The van der Waals surface area contributed by atoms with Crippen LogP contribution in [0.1, 0.15) is 22.5 Å². The van der Waals surface area contributed by atoms with Crippen LogP contribution in [0.5, 0.6) is 0 Å². The fourth-order valence-electron chi connectivity index (χ4n) is 0.804. The van der Waals surface area contributed by atoms with Crippen LogP contribution in [0.4, 0.5) is 8.78 Å². The number of hydrogen-bond acceptors (Lipinski definition) is 2. The van der Waals surface area contributed by atoms with Crippen LogP contribution >= 0.6 is 39.1 Å². The van der Waals surface area contributed by atoms with Crippen molar-refractivity contribution >= 4 is 44.4 Å². The molecule has 0 saturated carbocycles. The van der Waals surface area contributed by atoms with Gasteiger partial charge in [0.1, 0.15) is 10.8 Å². The van der Waals surface area contributed by atoms with Gasteiger partial charge in [-0.3, -0.25) is 4.79 Å². The van der Waals surface area contributed by atoms with E-state index in [9.17, 15) is 13.6 Å². The molecule has 76 valence electrons. The summed E-state index contributed by atoms with van der Waals surface area (Å²) in [5.74, 6) is 0. The number of carbonyl (C=O) groups is 1. The summed E-state index contributed by atoms with van der Waals surface area (Å²) < 4.78 is 24.6. The molecule has 0 aromatic carbocycles. The van der Waals surface area contributed by atoms with Crippen LogP contribution in [0, 0.1) is 0 Å². The summed E-state index contributed by atoms with van der Waals surface area (Å²) in [5.41, 5.74) is -0.719. The van der Waals surface area contributed by atoms with Crippen LogP contribution in [0.3, 0.4) is 0 Å². The topological polar surface area (TPSA) is 30.0 Å². The largest absolute Gasteiger partial charge is 0.281 e. The molecule has 0 aliphatic carbocycles. The normalized spacial score (nSPS) is 10.7. The number of pyridine rings is 1. The molecule has 1 aromatic rings. The van der Waals surface area contributed by atoms with Crippen molar-refractivity contribution in [3.8, 4) is 0 Å². The molecule has 0 atom stereocenters. The Morgan fingerprint density at radius 3 is 2.57 bits per heavy atom. The second kappa shape index (κ2) is 4.51. The molecule has 0 radical (unpaired) electrons. The molecule has 0 saturated heterocycles. The van der Waals surface area contributed by atoms with E-state index in [4.69, 9.17) is 23.2 Å². The van der Waals surface area contributed by atoms with Gasteiger partial charge in [0.2, 0.25) is 0 Å². The summed E-state index contributed by atoms with van der Waals surface area (Å²) in [6, 6.07) is 1.12. The van der Waals surface area contributed by atoms with Crippen LogP contribution in [0.15, 0.2) is 10.5 Å². The summed E-state index contributed by atoms with van der Waals surface area (Å²) in [7, 11) is 0. The molecule has 1 rings (SSSR count). The fourth-order valence-corrected chi connectivity index (χ4v) is 1.82. The Morgan fingerprint density at radius 1 is 1.57 bits per heavy atom. The first-order valence-electron chi connectivity index (χ1n) is 3.27. The van der Waals surface area contributed by atoms with Crippen molar-refractivity contribution in [3.63, 3.8) is 0 Å². The third-order valence-corrected chi connectivity index (χ3v) is 2.60. The summed E-state index contributed by atoms with van der Waals surface area (Å²) in [6.07, 6.45) is -2.82. The zero-order chi connectivity index (χ0) is 10.9. The van der Waals surface area contributed by atoms with E-state index in [0.717, 1.165) is 6.07 Å². The number of hydrogen-bond donors (Lipinski definition) is 0. The maximum Gasteiger partial charge on any atom is 0.281 e. The predicted molar refractivity (Wildman–Crippen MR) is 52.1 cm³/mol. The molecule has 0 spiro atoms. The van der Waals surface area contributed by atoms with E-state index in [1.165, 1.54) is 0 Å². The fraction of sp³-hybridized carbons (Fsp3) is 0.143. The smallest absolute Gasteiger partial charge is 0.276 e. The lowest BCUT2D eigenvalue weighted by Crippen LogP contribution is -2.00. The Kier molecular flexibility index (Phi) is 3.80. The van der Waals surface area contributed by atoms with Gasteiger partial charge in [-0.15, -0.1) is 0 Å². The molecule has 0 unspecified atom stereocenters. The molecule has 7 heteroatoms. The van der Waals surface area contributed by atoms with Crippen LogP contribution in [-0.2, 0) is 0 Å². The van der Waals surface area contributed by atoms with Gasteiger partial charge in [0.15, 0.2) is 0 Å². The Morgan fingerprint density at radius 2 is 2.14 bits per heavy atom. The third-order valence-electron chi connectivity index (χ3n) is 1.37. The molecule has 0 aliphatic heterocycles. The van der Waals surface area contributed by atoms with Crippen molar-refractivity contribution in [1.82, 2.24) is 4.98 Å². The van der Waals surface area contributed by atoms with Crippen LogP contribution in [0.2, 0.25) is 5.15 Å². The lowest BCUT2D eigenvalue weighted by Gasteiger charge is -2.05. The quantitative estimate of drug-likeness (QED) is 0.614. The second-order valence-corrected chi connectivity index (χ2v) is 3.79. The molecule has 1 heterocycles. The van der Waals surface area contributed by atoms with E-state index in [2.05, 4.69) is 20.9 Å². The average Bonchev–Trinajstić information content (AvgIpc) is 2.07. The predicted octanol–water partition coefficient (Wildman–Crippen LogP) is 3.81. The molecular weight excluding hydrogens is 303 g/mol. The molecule has 0 aliphatic rings. The first kappa shape index (κ1) is 11.8. The van der Waals surface area contributed by atoms with Crippen LogP contribution in [0.25, 0.3) is 0 Å². The molecule has 0 fully saturated rings. The SMILES string of the molecule is O=C(Cl)c1cc(Cl)nc(C(F)F)c1Br.